The average Bonchev–Trinajstić information content (AvgIpc) is 3.10. The lowest BCUT2D eigenvalue weighted by molar-refractivity contribution is -0.152. The summed E-state index contributed by atoms with van der Waals surface area (Å²) in [6.45, 7) is 0.499. The Morgan fingerprint density at radius 3 is 2.93 bits per heavy atom. The number of rotatable bonds is 7. The summed E-state index contributed by atoms with van der Waals surface area (Å²) in [5, 5.41) is 8.49. The maximum atomic E-state index is 12.4. The first-order valence-corrected chi connectivity index (χ1v) is 10.5. The monoisotopic (exact) mass is 437 g/mol. The summed E-state index contributed by atoms with van der Waals surface area (Å²) < 4.78 is 43.4. The third-order valence-electron chi connectivity index (χ3n) is 5.36. The zero-order chi connectivity index (χ0) is 21.5. The second-order valence-electron chi connectivity index (χ2n) is 7.74. The lowest BCUT2D eigenvalue weighted by Crippen LogP contribution is -2.26. The molecule has 1 aromatic carbocycles. The van der Waals surface area contributed by atoms with E-state index in [1.807, 2.05) is 24.9 Å². The van der Waals surface area contributed by atoms with Crippen molar-refractivity contribution in [3.05, 3.63) is 47.0 Å². The van der Waals surface area contributed by atoms with Crippen molar-refractivity contribution < 1.29 is 22.7 Å². The summed E-state index contributed by atoms with van der Waals surface area (Å²) in [6, 6.07) is 9.20. The first-order valence-electron chi connectivity index (χ1n) is 9.70. The summed E-state index contributed by atoms with van der Waals surface area (Å²) in [5.74, 6) is 0.620. The average molecular weight is 437 g/mol. The molecule has 0 unspecified atom stereocenters. The molecule has 0 aliphatic heterocycles. The minimum Gasteiger partial charge on any atom is -0.475 e. The van der Waals surface area contributed by atoms with Crippen LogP contribution in [0.1, 0.15) is 42.2 Å². The second-order valence-corrected chi connectivity index (χ2v) is 8.82. The molecule has 1 aliphatic rings. The summed E-state index contributed by atoms with van der Waals surface area (Å²) in [5.41, 5.74) is 2.30. The van der Waals surface area contributed by atoms with Gasteiger partial charge in [-0.2, -0.15) is 18.3 Å². The predicted octanol–water partition coefficient (Wildman–Crippen LogP) is 4.95. The number of carbonyl (C=O) groups is 1. The predicted molar refractivity (Wildman–Crippen MR) is 109 cm³/mol. The van der Waals surface area contributed by atoms with E-state index in [0.29, 0.717) is 18.3 Å². The fraction of sp³-hybridized carbons (Fsp3) is 0.429. The number of aryl methyl sites for hydroxylation is 1. The van der Waals surface area contributed by atoms with E-state index >= 15 is 0 Å². The molecule has 5 nitrogen and oxygen atoms in total. The van der Waals surface area contributed by atoms with Gasteiger partial charge < -0.3 is 10.1 Å². The van der Waals surface area contributed by atoms with Crippen LogP contribution in [0.3, 0.4) is 0 Å². The molecule has 1 fully saturated rings. The van der Waals surface area contributed by atoms with Crippen LogP contribution in [-0.4, -0.2) is 28.5 Å². The molecule has 3 aromatic rings. The molecule has 2 aromatic heterocycles. The van der Waals surface area contributed by atoms with Crippen molar-refractivity contribution in [3.63, 3.8) is 0 Å². The van der Waals surface area contributed by atoms with Gasteiger partial charge in [0.1, 0.15) is 0 Å². The zero-order valence-electron chi connectivity index (χ0n) is 16.6. The number of alkyl halides is 3. The molecule has 0 spiro atoms. The number of ether oxygens (including phenoxy) is 1. The Morgan fingerprint density at radius 2 is 2.17 bits per heavy atom. The number of halogens is 3. The van der Waals surface area contributed by atoms with Crippen LogP contribution < -0.4 is 10.1 Å². The lowest BCUT2D eigenvalue weighted by Gasteiger charge is -2.12. The Hall–Kier alpha value is -2.55. The number of fused-ring (bicyclic) bond motifs is 1. The molecule has 9 heteroatoms. The topological polar surface area (TPSA) is 56.2 Å². The van der Waals surface area contributed by atoms with E-state index in [4.69, 9.17) is 4.74 Å². The van der Waals surface area contributed by atoms with Crippen molar-refractivity contribution in [2.45, 2.75) is 37.9 Å². The number of nitrogens with one attached hydrogen (secondary N) is 1. The number of hydrogen-bond donors (Lipinski definition) is 1. The van der Waals surface area contributed by atoms with Gasteiger partial charge in [0.2, 0.25) is 5.91 Å². The van der Waals surface area contributed by atoms with Gasteiger partial charge in [-0.25, -0.2) is 0 Å². The van der Waals surface area contributed by atoms with E-state index in [9.17, 15) is 18.0 Å². The van der Waals surface area contributed by atoms with Gasteiger partial charge in [0.25, 0.3) is 0 Å². The largest absolute Gasteiger partial charge is 0.475 e. The molecule has 3 atom stereocenters. The third-order valence-corrected chi connectivity index (χ3v) is 6.54. The molecular weight excluding hydrogens is 415 g/mol. The van der Waals surface area contributed by atoms with Gasteiger partial charge in [0, 0.05) is 23.7 Å². The third kappa shape index (κ3) is 4.77. The quantitative estimate of drug-likeness (QED) is 0.569. The molecule has 1 N–H and O–H groups in total. The van der Waals surface area contributed by atoms with Crippen LogP contribution in [0.4, 0.5) is 13.2 Å². The van der Waals surface area contributed by atoms with Gasteiger partial charge >= 0.3 is 6.18 Å². The summed E-state index contributed by atoms with van der Waals surface area (Å²) in [7, 11) is 1.91. The van der Waals surface area contributed by atoms with Crippen molar-refractivity contribution in [2.24, 2.45) is 13.0 Å². The minimum atomic E-state index is -4.37. The Kier molecular flexibility index (Phi) is 5.48. The Balaban J connectivity index is 1.28. The molecule has 0 radical (unpaired) electrons. The number of aromatic nitrogens is 2. The Labute approximate surface area is 175 Å². The van der Waals surface area contributed by atoms with Crippen molar-refractivity contribution in [1.82, 2.24) is 15.1 Å². The summed E-state index contributed by atoms with van der Waals surface area (Å²) >= 11 is 1.11. The molecule has 0 saturated heterocycles. The highest BCUT2D eigenvalue weighted by Crippen LogP contribution is 2.50. The maximum Gasteiger partial charge on any atom is 0.422 e. The second kappa shape index (κ2) is 7.94. The van der Waals surface area contributed by atoms with E-state index in [2.05, 4.69) is 28.6 Å². The lowest BCUT2D eigenvalue weighted by atomic mass is 10.1. The van der Waals surface area contributed by atoms with Crippen LogP contribution in [0.25, 0.3) is 10.9 Å². The first kappa shape index (κ1) is 20.7. The normalized spacial score (nSPS) is 19.6. The highest BCUT2D eigenvalue weighted by molar-refractivity contribution is 7.13. The maximum absolute atomic E-state index is 12.4. The van der Waals surface area contributed by atoms with Crippen molar-refractivity contribution in [1.29, 1.82) is 0 Å². The molecule has 1 saturated carbocycles. The molecule has 30 heavy (non-hydrogen) atoms. The molecule has 2 heterocycles. The van der Waals surface area contributed by atoms with Crippen LogP contribution in [0.2, 0.25) is 0 Å². The standard InChI is InChI=1S/C21H22F3N3O2S/c1-12(18-5-6-20(30-18)29-11-21(22,23)24)26-19(28)9-15-7-16(15)13-3-4-14-10-25-27(2)17(14)8-13/h3-6,8,10,12,15-16H,7,9,11H2,1-2H3,(H,26,28)/t12-,15-,16+/m1/s1. The van der Waals surface area contributed by atoms with Crippen LogP contribution >= 0.6 is 11.3 Å². The fourth-order valence-electron chi connectivity index (χ4n) is 3.68. The molecule has 4 rings (SSSR count). The van der Waals surface area contributed by atoms with Gasteiger partial charge in [-0.15, -0.1) is 11.3 Å². The van der Waals surface area contributed by atoms with Crippen LogP contribution in [0.5, 0.6) is 5.06 Å². The van der Waals surface area contributed by atoms with Gasteiger partial charge in [-0.1, -0.05) is 12.1 Å². The molecule has 1 aliphatic carbocycles. The van der Waals surface area contributed by atoms with Gasteiger partial charge in [-0.3, -0.25) is 9.48 Å². The van der Waals surface area contributed by atoms with Crippen molar-refractivity contribution >= 4 is 28.1 Å². The van der Waals surface area contributed by atoms with Crippen LogP contribution in [-0.2, 0) is 11.8 Å². The van der Waals surface area contributed by atoms with Crippen molar-refractivity contribution in [3.8, 4) is 5.06 Å². The molecule has 160 valence electrons. The van der Waals surface area contributed by atoms with E-state index in [-0.39, 0.29) is 17.0 Å². The van der Waals surface area contributed by atoms with Crippen molar-refractivity contribution in [2.75, 3.05) is 6.61 Å². The highest BCUT2D eigenvalue weighted by atomic mass is 32.1. The van der Waals surface area contributed by atoms with E-state index in [1.165, 1.54) is 11.6 Å². The minimum absolute atomic E-state index is 0.0530. The van der Waals surface area contributed by atoms with Gasteiger partial charge in [0.05, 0.1) is 17.8 Å². The number of hydrogen-bond acceptors (Lipinski definition) is 4. The van der Waals surface area contributed by atoms with Gasteiger partial charge in [0.15, 0.2) is 11.7 Å². The number of carbonyl (C=O) groups excluding carboxylic acids is 1. The number of amides is 1. The number of thiophene rings is 1. The molecule has 0 bridgehead atoms. The smallest absolute Gasteiger partial charge is 0.422 e. The SMILES string of the molecule is C[C@@H](NC(=O)C[C@H]1C[C@H]1c1ccc2cnn(C)c2c1)c1ccc(OCC(F)(F)F)s1. The van der Waals surface area contributed by atoms with Crippen LogP contribution in [0, 0.1) is 5.92 Å². The number of benzene rings is 1. The van der Waals surface area contributed by atoms with Gasteiger partial charge in [-0.05, 0) is 48.9 Å². The van der Waals surface area contributed by atoms with E-state index in [1.54, 1.807) is 6.07 Å². The van der Waals surface area contributed by atoms with E-state index in [0.717, 1.165) is 33.5 Å². The zero-order valence-corrected chi connectivity index (χ0v) is 17.4. The summed E-state index contributed by atoms with van der Waals surface area (Å²) in [4.78, 5) is 13.2. The Morgan fingerprint density at radius 1 is 1.37 bits per heavy atom. The molecular formula is C21H22F3N3O2S. The Bertz CT molecular complexity index is 1060. The first-order chi connectivity index (χ1) is 14.2. The highest BCUT2D eigenvalue weighted by Gasteiger charge is 2.39. The number of nitrogens with zero attached hydrogens (tertiary/aromatic N) is 2. The van der Waals surface area contributed by atoms with Crippen LogP contribution in [0.15, 0.2) is 36.5 Å². The molecule has 1 amide bonds. The van der Waals surface area contributed by atoms with E-state index < -0.39 is 12.8 Å². The summed E-state index contributed by atoms with van der Waals surface area (Å²) in [6.07, 6.45) is -1.13. The fourth-order valence-corrected chi connectivity index (χ4v) is 4.54.